The van der Waals surface area contributed by atoms with Crippen molar-refractivity contribution >= 4 is 0 Å². The number of hydrogen-bond acceptors (Lipinski definition) is 5. The number of imidazole rings is 1. The summed E-state index contributed by atoms with van der Waals surface area (Å²) in [6.07, 6.45) is 9.27. The van der Waals surface area contributed by atoms with Gasteiger partial charge in [-0.25, -0.2) is 15.0 Å². The highest BCUT2D eigenvalue weighted by Gasteiger charge is 2.21. The van der Waals surface area contributed by atoms with Crippen molar-refractivity contribution in [1.82, 2.24) is 24.8 Å². The van der Waals surface area contributed by atoms with E-state index >= 15 is 0 Å². The molecule has 1 aliphatic heterocycles. The molecule has 25 heavy (non-hydrogen) atoms. The highest BCUT2D eigenvalue weighted by Crippen LogP contribution is 2.14. The second-order valence-corrected chi connectivity index (χ2v) is 6.88. The standard InChI is InChI=1S/C19H29N5O/c1-3-4-5-19-20-11-17(23-19)12-24-8-9-25-18(13-24)7-6-16-10-15(2)21-14-22-16/h10-11,14,18H,3-9,12-13H2,1-2H3,(H,20,23)/t18-/m1/s1. The predicted octanol–water partition coefficient (Wildman–Crippen LogP) is 2.68. The Hall–Kier alpha value is -1.79. The number of aromatic amines is 1. The Bertz CT molecular complexity index is 657. The van der Waals surface area contributed by atoms with Gasteiger partial charge in [0.1, 0.15) is 12.2 Å². The molecule has 1 saturated heterocycles. The maximum absolute atomic E-state index is 5.95. The van der Waals surface area contributed by atoms with Crippen LogP contribution < -0.4 is 0 Å². The van der Waals surface area contributed by atoms with Gasteiger partial charge in [-0.05, 0) is 32.3 Å². The number of ether oxygens (including phenoxy) is 1. The molecule has 3 rings (SSSR count). The maximum atomic E-state index is 5.95. The first kappa shape index (κ1) is 18.0. The number of unbranched alkanes of at least 4 members (excludes halogenated alkanes) is 1. The first-order chi connectivity index (χ1) is 12.2. The molecule has 2 aromatic rings. The highest BCUT2D eigenvalue weighted by atomic mass is 16.5. The molecule has 0 aromatic carbocycles. The Labute approximate surface area is 150 Å². The molecule has 0 amide bonds. The Balaban J connectivity index is 1.46. The number of aryl methyl sites for hydroxylation is 3. The zero-order chi connectivity index (χ0) is 17.5. The van der Waals surface area contributed by atoms with Gasteiger partial charge in [0.25, 0.3) is 0 Å². The van der Waals surface area contributed by atoms with Crippen LogP contribution in [0, 0.1) is 6.92 Å². The molecule has 0 unspecified atom stereocenters. The van der Waals surface area contributed by atoms with Gasteiger partial charge in [0.05, 0.1) is 12.7 Å². The van der Waals surface area contributed by atoms with E-state index < -0.39 is 0 Å². The summed E-state index contributed by atoms with van der Waals surface area (Å²) in [6, 6.07) is 2.06. The van der Waals surface area contributed by atoms with Crippen molar-refractivity contribution < 1.29 is 4.74 Å². The van der Waals surface area contributed by atoms with Crippen molar-refractivity contribution in [2.45, 2.75) is 58.6 Å². The molecule has 0 aliphatic carbocycles. The lowest BCUT2D eigenvalue weighted by Crippen LogP contribution is -2.42. The molecule has 0 radical (unpaired) electrons. The molecule has 0 saturated carbocycles. The van der Waals surface area contributed by atoms with Crippen LogP contribution in [0.25, 0.3) is 0 Å². The van der Waals surface area contributed by atoms with Gasteiger partial charge < -0.3 is 9.72 Å². The number of morpholine rings is 1. The Morgan fingerprint density at radius 3 is 3.04 bits per heavy atom. The van der Waals surface area contributed by atoms with Crippen LogP contribution in [0.1, 0.15) is 49.1 Å². The van der Waals surface area contributed by atoms with Gasteiger partial charge >= 0.3 is 0 Å². The number of nitrogens with one attached hydrogen (secondary N) is 1. The van der Waals surface area contributed by atoms with Crippen molar-refractivity contribution in [3.8, 4) is 0 Å². The van der Waals surface area contributed by atoms with Crippen LogP contribution in [0.5, 0.6) is 0 Å². The maximum Gasteiger partial charge on any atom is 0.115 e. The minimum Gasteiger partial charge on any atom is -0.376 e. The average molecular weight is 343 g/mol. The fourth-order valence-electron chi connectivity index (χ4n) is 3.25. The van der Waals surface area contributed by atoms with E-state index in [4.69, 9.17) is 4.74 Å². The van der Waals surface area contributed by atoms with Crippen LogP contribution in [0.15, 0.2) is 18.6 Å². The number of hydrogen-bond donors (Lipinski definition) is 1. The van der Waals surface area contributed by atoms with E-state index in [0.29, 0.717) is 0 Å². The molecule has 6 nitrogen and oxygen atoms in total. The second kappa shape index (κ2) is 9.06. The number of rotatable bonds is 8. The average Bonchev–Trinajstić information content (AvgIpc) is 3.06. The van der Waals surface area contributed by atoms with Crippen LogP contribution in [0.3, 0.4) is 0 Å². The van der Waals surface area contributed by atoms with Gasteiger partial charge in [0, 0.05) is 49.3 Å². The SMILES string of the molecule is CCCCc1ncc(CN2CCO[C@H](CCc3cc(C)ncn3)C2)[nH]1. The Morgan fingerprint density at radius 2 is 2.20 bits per heavy atom. The van der Waals surface area contributed by atoms with Crippen molar-refractivity contribution in [3.05, 3.63) is 41.5 Å². The Morgan fingerprint density at radius 1 is 1.28 bits per heavy atom. The molecule has 1 aliphatic rings. The van der Waals surface area contributed by atoms with Gasteiger partial charge in [-0.3, -0.25) is 4.90 Å². The predicted molar refractivity (Wildman–Crippen MR) is 97.3 cm³/mol. The summed E-state index contributed by atoms with van der Waals surface area (Å²) < 4.78 is 5.95. The van der Waals surface area contributed by atoms with E-state index in [1.807, 2.05) is 13.1 Å². The molecule has 0 bridgehead atoms. The van der Waals surface area contributed by atoms with Crippen LogP contribution in [-0.2, 0) is 24.1 Å². The van der Waals surface area contributed by atoms with Gasteiger partial charge in [-0.15, -0.1) is 0 Å². The molecular formula is C19H29N5O. The Kier molecular flexibility index (Phi) is 6.53. The minimum atomic E-state index is 0.270. The fourth-order valence-corrected chi connectivity index (χ4v) is 3.25. The van der Waals surface area contributed by atoms with Crippen molar-refractivity contribution in [2.75, 3.05) is 19.7 Å². The normalized spacial score (nSPS) is 18.6. The molecule has 0 spiro atoms. The first-order valence-electron chi connectivity index (χ1n) is 9.37. The minimum absolute atomic E-state index is 0.270. The summed E-state index contributed by atoms with van der Waals surface area (Å²) in [6.45, 7) is 7.87. The summed E-state index contributed by atoms with van der Waals surface area (Å²) in [4.78, 5) is 18.9. The summed E-state index contributed by atoms with van der Waals surface area (Å²) >= 11 is 0. The van der Waals surface area contributed by atoms with E-state index in [-0.39, 0.29) is 6.10 Å². The van der Waals surface area contributed by atoms with Gasteiger partial charge in [0.2, 0.25) is 0 Å². The zero-order valence-electron chi connectivity index (χ0n) is 15.4. The number of nitrogens with zero attached hydrogens (tertiary/aromatic N) is 4. The monoisotopic (exact) mass is 343 g/mol. The molecule has 6 heteroatoms. The van der Waals surface area contributed by atoms with Crippen molar-refractivity contribution in [1.29, 1.82) is 0 Å². The van der Waals surface area contributed by atoms with E-state index in [1.165, 1.54) is 18.5 Å². The number of aromatic nitrogens is 4. The van der Waals surface area contributed by atoms with Gasteiger partial charge in [-0.1, -0.05) is 13.3 Å². The van der Waals surface area contributed by atoms with Crippen LogP contribution >= 0.6 is 0 Å². The first-order valence-corrected chi connectivity index (χ1v) is 9.37. The molecule has 1 fully saturated rings. The second-order valence-electron chi connectivity index (χ2n) is 6.88. The lowest BCUT2D eigenvalue weighted by molar-refractivity contribution is -0.0349. The van der Waals surface area contributed by atoms with E-state index in [2.05, 4.69) is 37.8 Å². The van der Waals surface area contributed by atoms with Crippen LogP contribution in [-0.4, -0.2) is 50.6 Å². The number of H-pyrrole nitrogens is 1. The molecule has 136 valence electrons. The third kappa shape index (κ3) is 5.61. The topological polar surface area (TPSA) is 66.9 Å². The van der Waals surface area contributed by atoms with E-state index in [1.54, 1.807) is 6.33 Å². The summed E-state index contributed by atoms with van der Waals surface area (Å²) in [5, 5.41) is 0. The molecule has 3 heterocycles. The molecule has 1 N–H and O–H groups in total. The summed E-state index contributed by atoms with van der Waals surface area (Å²) in [5.41, 5.74) is 3.33. The van der Waals surface area contributed by atoms with Crippen molar-refractivity contribution in [3.63, 3.8) is 0 Å². The molecule has 1 atom stereocenters. The van der Waals surface area contributed by atoms with Crippen LogP contribution in [0.2, 0.25) is 0 Å². The molecule has 2 aromatic heterocycles. The van der Waals surface area contributed by atoms with Gasteiger partial charge in [0.15, 0.2) is 0 Å². The van der Waals surface area contributed by atoms with E-state index in [0.717, 1.165) is 62.7 Å². The van der Waals surface area contributed by atoms with Gasteiger partial charge in [-0.2, -0.15) is 0 Å². The third-order valence-electron chi connectivity index (χ3n) is 4.65. The van der Waals surface area contributed by atoms with Crippen LogP contribution in [0.4, 0.5) is 0 Å². The molecular weight excluding hydrogens is 314 g/mol. The highest BCUT2D eigenvalue weighted by molar-refractivity contribution is 5.06. The lowest BCUT2D eigenvalue weighted by atomic mass is 10.1. The van der Waals surface area contributed by atoms with Crippen molar-refractivity contribution in [2.24, 2.45) is 0 Å². The summed E-state index contributed by atoms with van der Waals surface area (Å²) in [7, 11) is 0. The van der Waals surface area contributed by atoms with E-state index in [9.17, 15) is 0 Å². The summed E-state index contributed by atoms with van der Waals surface area (Å²) in [5.74, 6) is 1.11. The largest absolute Gasteiger partial charge is 0.376 e. The third-order valence-corrected chi connectivity index (χ3v) is 4.65. The smallest absolute Gasteiger partial charge is 0.115 e. The fraction of sp³-hybridized carbons (Fsp3) is 0.632. The quantitative estimate of drug-likeness (QED) is 0.798. The lowest BCUT2D eigenvalue weighted by Gasteiger charge is -2.32. The zero-order valence-corrected chi connectivity index (χ0v) is 15.4.